The number of nitrogens with zero attached hydrogens (tertiary/aromatic N) is 1. The van der Waals surface area contributed by atoms with E-state index >= 15 is 0 Å². The molecule has 1 heterocycles. The minimum Gasteiger partial charge on any atom is -0.333 e. The molecule has 0 unspecified atom stereocenters. The average molecular weight is 267 g/mol. The molecular weight excluding hydrogens is 248 g/mol. The van der Waals surface area contributed by atoms with E-state index in [9.17, 15) is 4.79 Å². The molecule has 1 aliphatic rings. The zero-order valence-corrected chi connectivity index (χ0v) is 11.6. The Labute approximate surface area is 113 Å². The summed E-state index contributed by atoms with van der Waals surface area (Å²) in [5, 5.41) is 3.87. The van der Waals surface area contributed by atoms with Crippen LogP contribution in [0.4, 0.5) is 0 Å². The molecule has 4 heteroatoms. The highest BCUT2D eigenvalue weighted by Gasteiger charge is 2.29. The molecule has 98 valence electrons. The van der Waals surface area contributed by atoms with Crippen molar-refractivity contribution in [2.24, 2.45) is 0 Å². The van der Waals surface area contributed by atoms with Gasteiger partial charge in [0.1, 0.15) is 0 Å². The molecule has 0 aliphatic carbocycles. The van der Waals surface area contributed by atoms with Gasteiger partial charge < -0.3 is 10.2 Å². The van der Waals surface area contributed by atoms with Gasteiger partial charge in [-0.1, -0.05) is 24.6 Å². The summed E-state index contributed by atoms with van der Waals surface area (Å²) in [5.74, 6) is 0.100. The molecule has 0 atom stereocenters. The molecule has 1 aliphatic heterocycles. The topological polar surface area (TPSA) is 32.3 Å². The molecule has 2 rings (SSSR count). The molecule has 3 nitrogen and oxygen atoms in total. The number of amides is 1. The van der Waals surface area contributed by atoms with Gasteiger partial charge in [0, 0.05) is 30.2 Å². The van der Waals surface area contributed by atoms with E-state index in [4.69, 9.17) is 11.6 Å². The number of carbonyl (C=O) groups excluding carboxylic acids is 1. The molecule has 0 bridgehead atoms. The van der Waals surface area contributed by atoms with Gasteiger partial charge in [0.15, 0.2) is 0 Å². The second-order valence-electron chi connectivity index (χ2n) is 4.72. The smallest absolute Gasteiger partial charge is 0.254 e. The van der Waals surface area contributed by atoms with Crippen molar-refractivity contribution in [2.45, 2.75) is 26.3 Å². The molecule has 1 saturated heterocycles. The van der Waals surface area contributed by atoms with Crippen molar-refractivity contribution < 1.29 is 4.79 Å². The number of halogens is 1. The summed E-state index contributed by atoms with van der Waals surface area (Å²) in [6.45, 7) is 6.59. The van der Waals surface area contributed by atoms with Gasteiger partial charge in [0.25, 0.3) is 5.91 Å². The minimum atomic E-state index is 0.100. The van der Waals surface area contributed by atoms with Gasteiger partial charge >= 0.3 is 0 Å². The fraction of sp³-hybridized carbons (Fsp3) is 0.500. The van der Waals surface area contributed by atoms with Crippen LogP contribution in [0.25, 0.3) is 0 Å². The van der Waals surface area contributed by atoms with Crippen LogP contribution in [0.3, 0.4) is 0 Å². The van der Waals surface area contributed by atoms with Gasteiger partial charge in [0.2, 0.25) is 0 Å². The van der Waals surface area contributed by atoms with Gasteiger partial charge in [0.05, 0.1) is 6.04 Å². The van der Waals surface area contributed by atoms with E-state index in [-0.39, 0.29) is 5.91 Å². The first kappa shape index (κ1) is 13.4. The Morgan fingerprint density at radius 1 is 1.50 bits per heavy atom. The van der Waals surface area contributed by atoms with Crippen LogP contribution in [0.2, 0.25) is 5.02 Å². The lowest BCUT2D eigenvalue weighted by atomic mass is 10.0. The van der Waals surface area contributed by atoms with Crippen molar-refractivity contribution in [3.8, 4) is 0 Å². The maximum absolute atomic E-state index is 12.6. The zero-order chi connectivity index (χ0) is 13.1. The van der Waals surface area contributed by atoms with Crippen LogP contribution in [0.1, 0.15) is 29.3 Å². The molecule has 1 aromatic carbocycles. The average Bonchev–Trinajstić information content (AvgIpc) is 2.29. The fourth-order valence-corrected chi connectivity index (χ4v) is 2.35. The second-order valence-corrected chi connectivity index (χ2v) is 5.13. The predicted octanol–water partition coefficient (Wildman–Crippen LogP) is 2.47. The van der Waals surface area contributed by atoms with Crippen molar-refractivity contribution >= 4 is 17.5 Å². The normalized spacial score (nSPS) is 15.3. The highest BCUT2D eigenvalue weighted by molar-refractivity contribution is 6.31. The maximum Gasteiger partial charge on any atom is 0.254 e. The van der Waals surface area contributed by atoms with E-state index in [1.165, 1.54) is 0 Å². The molecule has 0 aromatic heterocycles. The summed E-state index contributed by atoms with van der Waals surface area (Å²) in [4.78, 5) is 14.5. The van der Waals surface area contributed by atoms with Gasteiger partial charge in [-0.05, 0) is 31.0 Å². The second kappa shape index (κ2) is 5.72. The van der Waals surface area contributed by atoms with Crippen LogP contribution < -0.4 is 5.32 Å². The van der Waals surface area contributed by atoms with E-state index < -0.39 is 0 Å². The van der Waals surface area contributed by atoms with E-state index in [0.29, 0.717) is 11.1 Å². The standard InChI is InChI=1S/C14H19ClN2O/c1-3-7-17(11-8-16-9-11)14(18)12-5-4-6-13(15)10(12)2/h4-6,11,16H,3,7-9H2,1-2H3. The van der Waals surface area contributed by atoms with Crippen LogP contribution in [0.15, 0.2) is 18.2 Å². The molecular formula is C14H19ClN2O. The quantitative estimate of drug-likeness (QED) is 0.908. The highest BCUT2D eigenvalue weighted by Crippen LogP contribution is 2.21. The van der Waals surface area contributed by atoms with Crippen LogP contribution >= 0.6 is 11.6 Å². The third-order valence-electron chi connectivity index (χ3n) is 3.42. The Hall–Kier alpha value is -1.06. The Morgan fingerprint density at radius 2 is 2.22 bits per heavy atom. The van der Waals surface area contributed by atoms with Crippen molar-refractivity contribution in [1.29, 1.82) is 0 Å². The van der Waals surface area contributed by atoms with Crippen molar-refractivity contribution in [3.63, 3.8) is 0 Å². The van der Waals surface area contributed by atoms with Crippen molar-refractivity contribution in [3.05, 3.63) is 34.3 Å². The van der Waals surface area contributed by atoms with E-state index in [1.807, 2.05) is 30.0 Å². The Balaban J connectivity index is 2.24. The van der Waals surface area contributed by atoms with E-state index in [0.717, 1.165) is 37.2 Å². The van der Waals surface area contributed by atoms with Crippen molar-refractivity contribution in [2.75, 3.05) is 19.6 Å². The predicted molar refractivity (Wildman–Crippen MR) is 74.2 cm³/mol. The van der Waals surface area contributed by atoms with Crippen LogP contribution in [0.5, 0.6) is 0 Å². The van der Waals surface area contributed by atoms with Crippen LogP contribution in [-0.2, 0) is 0 Å². The van der Waals surface area contributed by atoms with E-state index in [2.05, 4.69) is 12.2 Å². The third kappa shape index (κ3) is 2.52. The fourth-order valence-electron chi connectivity index (χ4n) is 2.18. The number of carbonyl (C=O) groups is 1. The monoisotopic (exact) mass is 266 g/mol. The summed E-state index contributed by atoms with van der Waals surface area (Å²) in [7, 11) is 0. The van der Waals surface area contributed by atoms with Crippen LogP contribution in [0, 0.1) is 6.92 Å². The molecule has 1 N–H and O–H groups in total. The minimum absolute atomic E-state index is 0.100. The molecule has 1 amide bonds. The van der Waals surface area contributed by atoms with Gasteiger partial charge in [-0.2, -0.15) is 0 Å². The van der Waals surface area contributed by atoms with Gasteiger partial charge in [-0.15, -0.1) is 0 Å². The lowest BCUT2D eigenvalue weighted by molar-refractivity contribution is 0.0615. The maximum atomic E-state index is 12.6. The summed E-state index contributed by atoms with van der Waals surface area (Å²) in [6, 6.07) is 5.85. The summed E-state index contributed by atoms with van der Waals surface area (Å²) < 4.78 is 0. The SMILES string of the molecule is CCCN(C(=O)c1cccc(Cl)c1C)C1CNC1. The number of hydrogen-bond acceptors (Lipinski definition) is 2. The van der Waals surface area contributed by atoms with Gasteiger partial charge in [-0.25, -0.2) is 0 Å². The molecule has 1 aromatic rings. The first-order valence-electron chi connectivity index (χ1n) is 6.42. The molecule has 18 heavy (non-hydrogen) atoms. The lowest BCUT2D eigenvalue weighted by Gasteiger charge is -2.38. The Kier molecular flexibility index (Phi) is 4.25. The van der Waals surface area contributed by atoms with Gasteiger partial charge in [-0.3, -0.25) is 4.79 Å². The largest absolute Gasteiger partial charge is 0.333 e. The molecule has 0 saturated carbocycles. The number of nitrogens with one attached hydrogen (secondary N) is 1. The number of hydrogen-bond donors (Lipinski definition) is 1. The summed E-state index contributed by atoms with van der Waals surface area (Å²) >= 11 is 6.08. The molecule has 0 radical (unpaired) electrons. The Bertz CT molecular complexity index is 443. The van der Waals surface area contributed by atoms with Crippen molar-refractivity contribution in [1.82, 2.24) is 10.2 Å². The summed E-state index contributed by atoms with van der Waals surface area (Å²) in [5.41, 5.74) is 1.60. The first-order chi connectivity index (χ1) is 8.65. The number of rotatable bonds is 4. The van der Waals surface area contributed by atoms with E-state index in [1.54, 1.807) is 0 Å². The highest BCUT2D eigenvalue weighted by atomic mass is 35.5. The zero-order valence-electron chi connectivity index (χ0n) is 10.9. The Morgan fingerprint density at radius 3 is 2.78 bits per heavy atom. The number of benzene rings is 1. The molecule has 1 fully saturated rings. The third-order valence-corrected chi connectivity index (χ3v) is 3.83. The van der Waals surface area contributed by atoms with Crippen LogP contribution in [-0.4, -0.2) is 36.5 Å². The summed E-state index contributed by atoms with van der Waals surface area (Å²) in [6.07, 6.45) is 0.974. The first-order valence-corrected chi connectivity index (χ1v) is 6.79. The lowest BCUT2D eigenvalue weighted by Crippen LogP contribution is -2.59. The molecule has 0 spiro atoms.